The molecule has 10 heteroatoms. The van der Waals surface area contributed by atoms with Crippen LogP contribution in [0.2, 0.25) is 0 Å². The fourth-order valence-electron chi connectivity index (χ4n) is 5.16. The highest BCUT2D eigenvalue weighted by atomic mass is 16.2. The summed E-state index contributed by atoms with van der Waals surface area (Å²) in [6.45, 7) is 3.39. The molecule has 0 radical (unpaired) electrons. The Morgan fingerprint density at radius 1 is 1.00 bits per heavy atom. The van der Waals surface area contributed by atoms with E-state index in [4.69, 9.17) is 10.7 Å². The molecule has 0 aliphatic carbocycles. The normalized spacial score (nSPS) is 15.4. The minimum atomic E-state index is -0.486. The third kappa shape index (κ3) is 4.47. The van der Waals surface area contributed by atoms with Crippen molar-refractivity contribution >= 4 is 28.1 Å². The van der Waals surface area contributed by atoms with Crippen LogP contribution in [0.4, 0.5) is 5.95 Å². The molecule has 4 aromatic heterocycles. The summed E-state index contributed by atoms with van der Waals surface area (Å²) < 4.78 is 4.55. The first-order valence-electron chi connectivity index (χ1n) is 13.0. The quantitative estimate of drug-likeness (QED) is 0.354. The molecular weight excluding hydrogens is 492 g/mol. The monoisotopic (exact) mass is 520 g/mol. The van der Waals surface area contributed by atoms with Crippen LogP contribution in [0.3, 0.4) is 0 Å². The fraction of sp³-hybridized carbons (Fsp3) is 0.276. The number of aromatic nitrogens is 6. The number of pyridine rings is 2. The number of fused-ring (bicyclic) bond motifs is 2. The molecule has 1 aliphatic heterocycles. The van der Waals surface area contributed by atoms with Gasteiger partial charge in [-0.15, -0.1) is 5.92 Å². The highest BCUT2D eigenvalue weighted by Crippen LogP contribution is 2.24. The van der Waals surface area contributed by atoms with E-state index in [0.29, 0.717) is 40.6 Å². The van der Waals surface area contributed by atoms with Crippen LogP contribution in [0, 0.1) is 11.8 Å². The van der Waals surface area contributed by atoms with E-state index in [-0.39, 0.29) is 19.1 Å². The third-order valence-electron chi connectivity index (χ3n) is 7.01. The molecule has 5 aromatic rings. The lowest BCUT2D eigenvalue weighted by molar-refractivity contribution is 0.496. The molecule has 2 N–H and O–H groups in total. The Morgan fingerprint density at radius 2 is 1.85 bits per heavy atom. The molecule has 0 saturated carbocycles. The summed E-state index contributed by atoms with van der Waals surface area (Å²) in [5, 5.41) is 0. The van der Waals surface area contributed by atoms with Gasteiger partial charge in [0.25, 0.3) is 5.56 Å². The zero-order chi connectivity index (χ0) is 26.9. The maximum Gasteiger partial charge on any atom is 0.337 e. The van der Waals surface area contributed by atoms with Crippen LogP contribution in [0.15, 0.2) is 70.4 Å². The van der Waals surface area contributed by atoms with Crippen LogP contribution in [0.5, 0.6) is 0 Å². The van der Waals surface area contributed by atoms with Gasteiger partial charge in [-0.1, -0.05) is 24.1 Å². The van der Waals surface area contributed by atoms with Gasteiger partial charge in [-0.3, -0.25) is 18.9 Å². The standard InChI is InChI=1S/C29H28N8O2/c1-2-3-17-35-25-26(33-28(35)34-16-8-9-20(30)18-34)37(22-10-5-4-6-11-22)29(39)36(27(25)38)19-21-13-14-23-24(32-21)12-7-15-31-23/h4-7,10-15,20H,8-9,16-19,30H2,1H3/t20-/m1/s1. The van der Waals surface area contributed by atoms with Gasteiger partial charge in [0.1, 0.15) is 0 Å². The molecule has 1 fully saturated rings. The van der Waals surface area contributed by atoms with E-state index in [1.807, 2.05) is 47.0 Å². The minimum Gasteiger partial charge on any atom is -0.341 e. The van der Waals surface area contributed by atoms with Crippen molar-refractivity contribution in [1.29, 1.82) is 0 Å². The molecule has 1 atom stereocenters. The fourth-order valence-corrected chi connectivity index (χ4v) is 5.16. The Hall–Kier alpha value is -4.75. The number of hydrogen-bond acceptors (Lipinski definition) is 7. The van der Waals surface area contributed by atoms with Gasteiger partial charge in [-0.05, 0) is 56.2 Å². The number of rotatable bonds is 5. The Balaban J connectivity index is 1.62. The lowest BCUT2D eigenvalue weighted by atomic mass is 10.1. The molecule has 10 nitrogen and oxygen atoms in total. The molecule has 1 aromatic carbocycles. The van der Waals surface area contributed by atoms with Crippen molar-refractivity contribution in [1.82, 2.24) is 28.7 Å². The van der Waals surface area contributed by atoms with Crippen molar-refractivity contribution in [2.45, 2.75) is 38.9 Å². The lowest BCUT2D eigenvalue weighted by Gasteiger charge is -2.31. The lowest BCUT2D eigenvalue weighted by Crippen LogP contribution is -2.44. The van der Waals surface area contributed by atoms with Crippen molar-refractivity contribution in [2.75, 3.05) is 18.0 Å². The molecule has 39 heavy (non-hydrogen) atoms. The van der Waals surface area contributed by atoms with Gasteiger partial charge >= 0.3 is 5.69 Å². The van der Waals surface area contributed by atoms with Crippen LogP contribution in [-0.4, -0.2) is 47.8 Å². The summed E-state index contributed by atoms with van der Waals surface area (Å²) in [6, 6.07) is 16.5. The molecule has 1 saturated heterocycles. The molecule has 5 heterocycles. The van der Waals surface area contributed by atoms with Crippen molar-refractivity contribution < 1.29 is 0 Å². The summed E-state index contributed by atoms with van der Waals surface area (Å²) in [5.41, 5.74) is 8.62. The third-order valence-corrected chi connectivity index (χ3v) is 7.01. The summed E-state index contributed by atoms with van der Waals surface area (Å²) in [7, 11) is 0. The van der Waals surface area contributed by atoms with E-state index in [1.54, 1.807) is 25.3 Å². The number of anilines is 1. The highest BCUT2D eigenvalue weighted by molar-refractivity contribution is 5.77. The van der Waals surface area contributed by atoms with Gasteiger partial charge in [-0.2, -0.15) is 4.98 Å². The number of hydrogen-bond donors (Lipinski definition) is 1. The zero-order valence-electron chi connectivity index (χ0n) is 21.6. The van der Waals surface area contributed by atoms with Gasteiger partial charge < -0.3 is 10.6 Å². The molecule has 0 unspecified atom stereocenters. The second-order valence-corrected chi connectivity index (χ2v) is 9.63. The van der Waals surface area contributed by atoms with Crippen LogP contribution in [0.25, 0.3) is 27.9 Å². The highest BCUT2D eigenvalue weighted by Gasteiger charge is 2.27. The van der Waals surface area contributed by atoms with E-state index < -0.39 is 11.2 Å². The SMILES string of the molecule is CC#CCn1c(N2CCC[C@@H](N)C2)nc2c1c(=O)n(Cc1ccc3ncccc3n1)c(=O)n2-c1ccccc1. The zero-order valence-corrected chi connectivity index (χ0v) is 21.6. The number of piperidine rings is 1. The maximum atomic E-state index is 14.1. The molecule has 0 spiro atoms. The second kappa shape index (κ2) is 10.2. The van der Waals surface area contributed by atoms with Crippen molar-refractivity contribution in [3.63, 3.8) is 0 Å². The smallest absolute Gasteiger partial charge is 0.337 e. The van der Waals surface area contributed by atoms with Gasteiger partial charge in [0.15, 0.2) is 11.2 Å². The first-order valence-corrected chi connectivity index (χ1v) is 13.0. The van der Waals surface area contributed by atoms with Gasteiger partial charge in [0.05, 0.1) is 35.5 Å². The number of benzene rings is 1. The van der Waals surface area contributed by atoms with Crippen LogP contribution >= 0.6 is 0 Å². The Morgan fingerprint density at radius 3 is 2.64 bits per heavy atom. The summed E-state index contributed by atoms with van der Waals surface area (Å²) in [4.78, 5) is 44.1. The molecule has 196 valence electrons. The molecule has 0 bridgehead atoms. The predicted octanol–water partition coefficient (Wildman–Crippen LogP) is 2.29. The molecular formula is C29H28N8O2. The molecule has 1 aliphatic rings. The van der Waals surface area contributed by atoms with E-state index in [9.17, 15) is 9.59 Å². The van der Waals surface area contributed by atoms with Crippen LogP contribution in [-0.2, 0) is 13.1 Å². The molecule has 0 amide bonds. The number of nitrogens with two attached hydrogens (primary N) is 1. The van der Waals surface area contributed by atoms with E-state index in [0.717, 1.165) is 24.9 Å². The average molecular weight is 521 g/mol. The Kier molecular flexibility index (Phi) is 6.42. The maximum absolute atomic E-state index is 14.1. The first kappa shape index (κ1) is 24.6. The van der Waals surface area contributed by atoms with E-state index in [2.05, 4.69) is 26.7 Å². The van der Waals surface area contributed by atoms with Crippen LogP contribution < -0.4 is 21.9 Å². The first-order chi connectivity index (χ1) is 19.0. The number of nitrogens with zero attached hydrogens (tertiary/aromatic N) is 7. The Bertz CT molecular complexity index is 1860. The van der Waals surface area contributed by atoms with E-state index in [1.165, 1.54) is 9.13 Å². The number of imidazole rings is 1. The minimum absolute atomic E-state index is 0.000166. The predicted molar refractivity (Wildman–Crippen MR) is 151 cm³/mol. The van der Waals surface area contributed by atoms with Crippen molar-refractivity contribution in [3.8, 4) is 17.5 Å². The average Bonchev–Trinajstić information content (AvgIpc) is 3.34. The van der Waals surface area contributed by atoms with Gasteiger partial charge in [0.2, 0.25) is 5.95 Å². The van der Waals surface area contributed by atoms with Crippen molar-refractivity contribution in [3.05, 3.63) is 87.3 Å². The Labute approximate surface area is 224 Å². The second-order valence-electron chi connectivity index (χ2n) is 9.63. The summed E-state index contributed by atoms with van der Waals surface area (Å²) >= 11 is 0. The van der Waals surface area contributed by atoms with Gasteiger partial charge in [0, 0.05) is 25.3 Å². The van der Waals surface area contributed by atoms with Crippen molar-refractivity contribution in [2.24, 2.45) is 5.73 Å². The topological polar surface area (TPSA) is 117 Å². The molecule has 6 rings (SSSR count). The largest absolute Gasteiger partial charge is 0.341 e. The summed E-state index contributed by atoms with van der Waals surface area (Å²) in [6.07, 6.45) is 3.55. The summed E-state index contributed by atoms with van der Waals surface area (Å²) in [5.74, 6) is 6.60. The van der Waals surface area contributed by atoms with E-state index >= 15 is 0 Å². The van der Waals surface area contributed by atoms with Gasteiger partial charge in [-0.25, -0.2) is 14.3 Å². The van der Waals surface area contributed by atoms with Crippen LogP contribution in [0.1, 0.15) is 25.5 Å². The number of para-hydroxylation sites is 1.